The fraction of sp³-hybridized carbons (Fsp3) is 0.0870. The molecule has 150 valence electrons. The molecule has 3 aromatic carbocycles. The maximum absolute atomic E-state index is 13.4. The summed E-state index contributed by atoms with van der Waals surface area (Å²) in [6, 6.07) is 18.1. The van der Waals surface area contributed by atoms with Crippen molar-refractivity contribution in [2.45, 2.75) is 13.1 Å². The molecule has 1 heterocycles. The lowest BCUT2D eigenvalue weighted by Gasteiger charge is -2.11. The Bertz CT molecular complexity index is 1270. The number of alkyl halides is 3. The van der Waals surface area contributed by atoms with Crippen LogP contribution in [0.5, 0.6) is 0 Å². The second kappa shape index (κ2) is 7.26. The van der Waals surface area contributed by atoms with E-state index in [4.69, 9.17) is 0 Å². The van der Waals surface area contributed by atoms with Crippen LogP contribution in [0.15, 0.2) is 72.8 Å². The van der Waals surface area contributed by atoms with Crippen LogP contribution >= 0.6 is 0 Å². The molecule has 0 N–H and O–H groups in total. The van der Waals surface area contributed by atoms with Gasteiger partial charge in [-0.2, -0.15) is 23.0 Å². The number of ketones is 1. The average molecular weight is 408 g/mol. The molecule has 1 aromatic heterocycles. The summed E-state index contributed by atoms with van der Waals surface area (Å²) in [6.07, 6.45) is -4.67. The second-order valence-electron chi connectivity index (χ2n) is 6.76. The first-order chi connectivity index (χ1) is 14.3. The summed E-state index contributed by atoms with van der Waals surface area (Å²) in [5.74, 6) is -0.957. The molecule has 0 fully saturated rings. The molecule has 0 saturated carbocycles. The number of benzene rings is 3. The molecule has 30 heavy (non-hydrogen) atoms. The molecule has 7 heteroatoms. The Kier molecular flexibility index (Phi) is 4.73. The molecule has 4 aromatic rings. The van der Waals surface area contributed by atoms with E-state index in [1.165, 1.54) is 19.1 Å². The number of carbonyl (C=O) groups is 2. The lowest BCUT2D eigenvalue weighted by Crippen LogP contribution is -2.19. The van der Waals surface area contributed by atoms with E-state index < -0.39 is 23.2 Å². The first-order valence-corrected chi connectivity index (χ1v) is 9.07. The molecular formula is C23H15F3N2O2. The summed E-state index contributed by atoms with van der Waals surface area (Å²) >= 11 is 0. The van der Waals surface area contributed by atoms with E-state index in [0.29, 0.717) is 27.7 Å². The zero-order valence-corrected chi connectivity index (χ0v) is 15.8. The van der Waals surface area contributed by atoms with Gasteiger partial charge in [-0.3, -0.25) is 9.59 Å². The Balaban J connectivity index is 1.88. The Hall–Kier alpha value is -3.74. The van der Waals surface area contributed by atoms with Gasteiger partial charge in [-0.1, -0.05) is 54.6 Å². The lowest BCUT2D eigenvalue weighted by atomic mass is 10.0. The molecule has 0 radical (unpaired) electrons. The summed E-state index contributed by atoms with van der Waals surface area (Å²) in [7, 11) is 0. The Labute approximate surface area is 169 Å². The molecule has 0 aliphatic rings. The van der Waals surface area contributed by atoms with Crippen LogP contribution in [0.1, 0.15) is 33.2 Å². The normalized spacial score (nSPS) is 11.6. The van der Waals surface area contributed by atoms with Crippen LogP contribution in [0.25, 0.3) is 22.2 Å². The smallest absolute Gasteiger partial charge is 0.295 e. The highest BCUT2D eigenvalue weighted by Crippen LogP contribution is 2.34. The summed E-state index contributed by atoms with van der Waals surface area (Å²) in [5, 5.41) is 4.97. The van der Waals surface area contributed by atoms with Crippen LogP contribution in [-0.2, 0) is 6.18 Å². The predicted molar refractivity (Wildman–Crippen MR) is 106 cm³/mol. The first-order valence-electron chi connectivity index (χ1n) is 9.07. The number of Topliss-reactive ketones (excluding diaryl/α,β-unsaturated/α-hetero) is 1. The molecule has 0 spiro atoms. The summed E-state index contributed by atoms with van der Waals surface area (Å²) in [6.45, 7) is 1.45. The van der Waals surface area contributed by atoms with Gasteiger partial charge in [0.15, 0.2) is 5.78 Å². The van der Waals surface area contributed by atoms with Gasteiger partial charge in [0, 0.05) is 16.5 Å². The van der Waals surface area contributed by atoms with E-state index in [1.807, 2.05) is 0 Å². The minimum absolute atomic E-state index is 0.0872. The SMILES string of the molecule is CC(=O)c1ccc(-c2nn(C(=O)c3ccccc3C(F)(F)F)c3ccccc23)cc1. The monoisotopic (exact) mass is 408 g/mol. The van der Waals surface area contributed by atoms with Crippen molar-refractivity contribution in [3.8, 4) is 11.3 Å². The first kappa shape index (κ1) is 19.6. The maximum Gasteiger partial charge on any atom is 0.417 e. The molecule has 0 unspecified atom stereocenters. The predicted octanol–water partition coefficient (Wildman–Crippen LogP) is 5.61. The Morgan fingerprint density at radius 1 is 0.867 bits per heavy atom. The van der Waals surface area contributed by atoms with Crippen LogP contribution in [0, 0.1) is 0 Å². The number of fused-ring (bicyclic) bond motifs is 1. The molecule has 0 atom stereocenters. The molecule has 4 nitrogen and oxygen atoms in total. The average Bonchev–Trinajstić information content (AvgIpc) is 3.12. The van der Waals surface area contributed by atoms with Crippen molar-refractivity contribution in [2.75, 3.05) is 0 Å². The summed E-state index contributed by atoms with van der Waals surface area (Å²) in [4.78, 5) is 24.6. The minimum atomic E-state index is -4.67. The van der Waals surface area contributed by atoms with Gasteiger partial charge in [0.2, 0.25) is 0 Å². The highest BCUT2D eigenvalue weighted by atomic mass is 19.4. The summed E-state index contributed by atoms with van der Waals surface area (Å²) < 4.78 is 41.2. The number of hydrogen-bond donors (Lipinski definition) is 0. The number of halogens is 3. The van der Waals surface area contributed by atoms with Crippen molar-refractivity contribution in [1.82, 2.24) is 9.78 Å². The number of aromatic nitrogens is 2. The zero-order chi connectivity index (χ0) is 21.5. The molecular weight excluding hydrogens is 393 g/mol. The van der Waals surface area contributed by atoms with Crippen LogP contribution in [0.3, 0.4) is 0 Å². The van der Waals surface area contributed by atoms with E-state index in [-0.39, 0.29) is 5.78 Å². The summed E-state index contributed by atoms with van der Waals surface area (Å²) in [5.41, 5.74) is 0.520. The van der Waals surface area contributed by atoms with Crippen LogP contribution in [0.2, 0.25) is 0 Å². The number of hydrogen-bond acceptors (Lipinski definition) is 3. The van der Waals surface area contributed by atoms with E-state index in [0.717, 1.165) is 16.8 Å². The third-order valence-corrected chi connectivity index (χ3v) is 4.81. The van der Waals surface area contributed by atoms with Crippen molar-refractivity contribution in [3.05, 3.63) is 89.5 Å². The minimum Gasteiger partial charge on any atom is -0.295 e. The van der Waals surface area contributed by atoms with Crippen molar-refractivity contribution in [1.29, 1.82) is 0 Å². The van der Waals surface area contributed by atoms with Crippen molar-refractivity contribution >= 4 is 22.6 Å². The van der Waals surface area contributed by atoms with E-state index in [9.17, 15) is 22.8 Å². The molecule has 0 bridgehead atoms. The largest absolute Gasteiger partial charge is 0.417 e. The van der Waals surface area contributed by atoms with Crippen LogP contribution in [0.4, 0.5) is 13.2 Å². The van der Waals surface area contributed by atoms with Gasteiger partial charge < -0.3 is 0 Å². The van der Waals surface area contributed by atoms with Crippen molar-refractivity contribution in [2.24, 2.45) is 0 Å². The van der Waals surface area contributed by atoms with Gasteiger partial charge in [0.05, 0.1) is 16.6 Å². The van der Waals surface area contributed by atoms with Crippen molar-refractivity contribution in [3.63, 3.8) is 0 Å². The number of para-hydroxylation sites is 1. The quantitative estimate of drug-likeness (QED) is 0.414. The van der Waals surface area contributed by atoms with Crippen LogP contribution in [-0.4, -0.2) is 21.5 Å². The second-order valence-corrected chi connectivity index (χ2v) is 6.76. The standard InChI is InChI=1S/C23H15F3N2O2/c1-14(29)15-10-12-16(13-11-15)21-18-7-3-5-9-20(18)28(27-21)22(30)17-6-2-4-8-19(17)23(24,25)26/h2-13H,1H3. The Morgan fingerprint density at radius 2 is 1.50 bits per heavy atom. The third-order valence-electron chi connectivity index (χ3n) is 4.81. The molecule has 0 saturated heterocycles. The molecule has 0 aliphatic heterocycles. The van der Waals surface area contributed by atoms with Gasteiger partial charge in [-0.25, -0.2) is 0 Å². The van der Waals surface area contributed by atoms with Gasteiger partial charge >= 0.3 is 6.18 Å². The molecule has 0 aliphatic carbocycles. The van der Waals surface area contributed by atoms with Gasteiger partial charge in [0.1, 0.15) is 5.69 Å². The lowest BCUT2D eigenvalue weighted by molar-refractivity contribution is -0.137. The van der Waals surface area contributed by atoms with E-state index in [1.54, 1.807) is 48.5 Å². The fourth-order valence-electron chi connectivity index (χ4n) is 3.33. The molecule has 4 rings (SSSR count). The van der Waals surface area contributed by atoms with Gasteiger partial charge in [-0.05, 0) is 25.1 Å². The number of nitrogens with zero attached hydrogens (tertiary/aromatic N) is 2. The van der Waals surface area contributed by atoms with Crippen LogP contribution < -0.4 is 0 Å². The maximum atomic E-state index is 13.4. The Morgan fingerprint density at radius 3 is 2.17 bits per heavy atom. The topological polar surface area (TPSA) is 52.0 Å². The van der Waals surface area contributed by atoms with Gasteiger partial charge in [-0.15, -0.1) is 0 Å². The van der Waals surface area contributed by atoms with Crippen molar-refractivity contribution < 1.29 is 22.8 Å². The third kappa shape index (κ3) is 3.39. The zero-order valence-electron chi connectivity index (χ0n) is 15.8. The highest BCUT2D eigenvalue weighted by molar-refractivity contribution is 6.05. The van der Waals surface area contributed by atoms with E-state index in [2.05, 4.69) is 5.10 Å². The fourth-order valence-corrected chi connectivity index (χ4v) is 3.33. The molecule has 0 amide bonds. The highest BCUT2D eigenvalue weighted by Gasteiger charge is 2.35. The number of rotatable bonds is 3. The van der Waals surface area contributed by atoms with E-state index >= 15 is 0 Å². The van der Waals surface area contributed by atoms with Gasteiger partial charge in [0.25, 0.3) is 5.91 Å². The number of carbonyl (C=O) groups excluding carboxylic acids is 2.